The Morgan fingerprint density at radius 2 is 1.92 bits per heavy atom. The van der Waals surface area contributed by atoms with Crippen LogP contribution in [0.5, 0.6) is 11.6 Å². The number of likely N-dealkylation sites (tertiary alicyclic amines) is 1. The fourth-order valence-electron chi connectivity index (χ4n) is 6.22. The third-order valence-corrected chi connectivity index (χ3v) is 8.97. The lowest BCUT2D eigenvalue weighted by atomic mass is 10.1. The number of piperidine rings is 1. The average Bonchev–Trinajstić information content (AvgIpc) is 3.07. The number of nitrogens with one attached hydrogen (secondary N) is 1. The van der Waals surface area contributed by atoms with Crippen molar-refractivity contribution >= 4 is 23.4 Å². The molecular formula is C33H38F2N8O5. The van der Waals surface area contributed by atoms with Gasteiger partial charge in [0.1, 0.15) is 29.4 Å². The molecule has 1 aromatic carbocycles. The zero-order valence-corrected chi connectivity index (χ0v) is 26.8. The predicted molar refractivity (Wildman–Crippen MR) is 171 cm³/mol. The van der Waals surface area contributed by atoms with Crippen molar-refractivity contribution in [3.8, 4) is 29.0 Å². The number of rotatable bonds is 10. The molecule has 0 spiro atoms. The number of carbonyl (C=O) groups excluding carboxylic acids is 1. The molecular weight excluding hydrogens is 626 g/mol. The van der Waals surface area contributed by atoms with Crippen molar-refractivity contribution in [1.29, 1.82) is 5.26 Å². The summed E-state index contributed by atoms with van der Waals surface area (Å²) in [5.41, 5.74) is 2.47. The highest BCUT2D eigenvalue weighted by molar-refractivity contribution is 5.81. The number of aromatic nitrogens is 3. The lowest BCUT2D eigenvalue weighted by Crippen LogP contribution is -2.59. The molecule has 2 N–H and O–H groups in total. The second kappa shape index (κ2) is 14.6. The van der Waals surface area contributed by atoms with Gasteiger partial charge in [0, 0.05) is 63.4 Å². The number of alkyl halides is 2. The van der Waals surface area contributed by atoms with Crippen molar-refractivity contribution in [2.45, 2.75) is 50.5 Å². The molecule has 1 amide bonds. The Morgan fingerprint density at radius 1 is 1.12 bits per heavy atom. The van der Waals surface area contributed by atoms with Crippen molar-refractivity contribution in [3.63, 3.8) is 0 Å². The molecule has 15 heteroatoms. The number of aliphatic hydroxyl groups excluding tert-OH is 1. The number of nitriles is 1. The zero-order valence-electron chi connectivity index (χ0n) is 26.8. The minimum atomic E-state index is -3.13. The molecule has 0 saturated carbocycles. The van der Waals surface area contributed by atoms with Crippen LogP contribution in [0.15, 0.2) is 42.6 Å². The number of halogens is 2. The first-order valence-corrected chi connectivity index (χ1v) is 15.9. The van der Waals surface area contributed by atoms with E-state index < -0.39 is 18.4 Å². The van der Waals surface area contributed by atoms with Gasteiger partial charge in [0.2, 0.25) is 11.8 Å². The number of hydrogen-bond acceptors (Lipinski definition) is 12. The maximum Gasteiger partial charge on any atom is 0.273 e. The number of ether oxygens (including phenoxy) is 3. The number of aliphatic hydroxyl groups is 1. The Balaban J connectivity index is 1.09. The molecule has 3 aliphatic rings. The molecule has 254 valence electrons. The number of amides is 1. The van der Waals surface area contributed by atoms with Crippen molar-refractivity contribution in [3.05, 3.63) is 48.2 Å². The second-order valence-electron chi connectivity index (χ2n) is 12.1. The molecule has 0 aliphatic carbocycles. The van der Waals surface area contributed by atoms with Gasteiger partial charge in [-0.1, -0.05) is 0 Å². The summed E-state index contributed by atoms with van der Waals surface area (Å²) in [6.45, 7) is 6.88. The highest BCUT2D eigenvalue weighted by Crippen LogP contribution is 2.33. The second-order valence-corrected chi connectivity index (χ2v) is 12.1. The number of hydrogen-bond donors (Lipinski definition) is 2. The summed E-state index contributed by atoms with van der Waals surface area (Å²) in [6, 6.07) is 13.7. The number of nitrogens with zero attached hydrogens (tertiary/aromatic N) is 7. The molecule has 3 aliphatic heterocycles. The van der Waals surface area contributed by atoms with E-state index in [9.17, 15) is 23.9 Å². The van der Waals surface area contributed by atoms with Gasteiger partial charge >= 0.3 is 0 Å². The molecule has 48 heavy (non-hydrogen) atoms. The molecule has 0 unspecified atom stereocenters. The van der Waals surface area contributed by atoms with Crippen LogP contribution in [0.2, 0.25) is 0 Å². The first-order chi connectivity index (χ1) is 23.2. The summed E-state index contributed by atoms with van der Waals surface area (Å²) >= 11 is 0. The van der Waals surface area contributed by atoms with Crippen LogP contribution in [0, 0.1) is 11.3 Å². The van der Waals surface area contributed by atoms with E-state index in [0.717, 1.165) is 38.5 Å². The summed E-state index contributed by atoms with van der Waals surface area (Å²) in [6.07, 6.45) is -3.42. The Morgan fingerprint density at radius 3 is 2.58 bits per heavy atom. The third kappa shape index (κ3) is 7.25. The quantitative estimate of drug-likeness (QED) is 0.328. The van der Waals surface area contributed by atoms with Gasteiger partial charge in [-0.2, -0.15) is 10.2 Å². The summed E-state index contributed by atoms with van der Waals surface area (Å²) < 4.78 is 42.6. The number of anilines is 3. The summed E-state index contributed by atoms with van der Waals surface area (Å²) in [4.78, 5) is 31.7. The predicted octanol–water partition coefficient (Wildman–Crippen LogP) is 3.07. The molecule has 5 heterocycles. The van der Waals surface area contributed by atoms with Crippen LogP contribution in [-0.4, -0.2) is 120 Å². The Bertz CT molecular complexity index is 1650. The van der Waals surface area contributed by atoms with Crippen molar-refractivity contribution in [2.24, 2.45) is 0 Å². The van der Waals surface area contributed by atoms with Crippen LogP contribution >= 0.6 is 0 Å². The van der Waals surface area contributed by atoms with Crippen LogP contribution < -0.4 is 19.7 Å². The first kappa shape index (κ1) is 33.3. The topological polar surface area (TPSA) is 149 Å². The lowest BCUT2D eigenvalue weighted by molar-refractivity contribution is -0.150. The maximum atomic E-state index is 12.7. The average molecular weight is 665 g/mol. The Hall–Kier alpha value is -4.65. The molecule has 3 saturated heterocycles. The fraction of sp³-hybridized carbons (Fsp3) is 0.485. The third-order valence-electron chi connectivity index (χ3n) is 8.97. The Kier molecular flexibility index (Phi) is 10.1. The van der Waals surface area contributed by atoms with E-state index in [1.54, 1.807) is 37.6 Å². The van der Waals surface area contributed by atoms with E-state index in [4.69, 9.17) is 14.2 Å². The molecule has 3 fully saturated rings. The van der Waals surface area contributed by atoms with E-state index in [2.05, 4.69) is 43.1 Å². The molecule has 2 aromatic heterocycles. The number of methoxy groups -OCH3 is 1. The molecule has 2 atom stereocenters. The van der Waals surface area contributed by atoms with Gasteiger partial charge in [-0.15, -0.1) is 0 Å². The van der Waals surface area contributed by atoms with E-state index in [1.165, 1.54) is 4.90 Å². The smallest absolute Gasteiger partial charge is 0.273 e. The largest absolute Gasteiger partial charge is 0.489 e. The molecule has 3 aromatic rings. The lowest BCUT2D eigenvalue weighted by Gasteiger charge is -2.46. The van der Waals surface area contributed by atoms with Gasteiger partial charge in [-0.3, -0.25) is 9.69 Å². The molecule has 6 rings (SSSR count). The van der Waals surface area contributed by atoms with E-state index in [0.29, 0.717) is 59.1 Å². The van der Waals surface area contributed by atoms with Gasteiger partial charge in [-0.25, -0.2) is 18.7 Å². The van der Waals surface area contributed by atoms with E-state index in [-0.39, 0.29) is 25.2 Å². The number of piperazine rings is 1. The maximum absolute atomic E-state index is 12.7. The van der Waals surface area contributed by atoms with Gasteiger partial charge in [0.05, 0.1) is 37.6 Å². The highest BCUT2D eigenvalue weighted by atomic mass is 19.3. The van der Waals surface area contributed by atoms with Crippen LogP contribution in [0.4, 0.5) is 26.2 Å². The molecule has 0 bridgehead atoms. The first-order valence-electron chi connectivity index (χ1n) is 15.9. The van der Waals surface area contributed by atoms with Crippen LogP contribution in [0.3, 0.4) is 0 Å². The normalized spacial score (nSPS) is 19.8. The SMILES string of the molecule is COc1nc(Nc2nccc(-c3ccc(OC4CCN(C(=O)[C@H](O)C(F)F)CC4)c(C#N)c3)n2)ccc1N1CCN(C2COC2)C[C@H]1C. The van der Waals surface area contributed by atoms with E-state index >= 15 is 0 Å². The minimum Gasteiger partial charge on any atom is -0.489 e. The number of carbonyl (C=O) groups is 1. The van der Waals surface area contributed by atoms with Crippen LogP contribution in [0.1, 0.15) is 25.3 Å². The van der Waals surface area contributed by atoms with Gasteiger partial charge in [0.15, 0.2) is 6.10 Å². The number of benzene rings is 1. The van der Waals surface area contributed by atoms with E-state index in [1.807, 2.05) is 12.1 Å². The molecule has 13 nitrogen and oxygen atoms in total. The zero-order chi connectivity index (χ0) is 33.8. The Labute approximate surface area is 277 Å². The van der Waals surface area contributed by atoms with Crippen molar-refractivity contribution in [2.75, 3.05) is 63.3 Å². The fourth-order valence-corrected chi connectivity index (χ4v) is 6.22. The summed E-state index contributed by atoms with van der Waals surface area (Å²) in [5.74, 6) is 0.714. The molecule has 0 radical (unpaired) electrons. The monoisotopic (exact) mass is 664 g/mol. The van der Waals surface area contributed by atoms with Crippen molar-refractivity contribution < 1.29 is 32.9 Å². The summed E-state index contributed by atoms with van der Waals surface area (Å²) in [5, 5.41) is 22.4. The van der Waals surface area contributed by atoms with Gasteiger partial charge in [0.25, 0.3) is 12.3 Å². The number of pyridine rings is 1. The van der Waals surface area contributed by atoms with Gasteiger partial charge in [-0.05, 0) is 43.3 Å². The standard InChI is InChI=1S/C33H38F2N8O5/c1-20-17-42(23-18-47-19-23)13-14-43(20)26-4-6-28(39-31(26)46-2)40-33-37-10-7-25(38-33)21-3-5-27(22(15-21)16-36)48-24-8-11-41(12-9-24)32(45)29(44)30(34)35/h3-7,10,15,20,23-24,29-30,44H,8-9,11-14,17-19H2,1-2H3,(H,37,38,39,40)/t20-,29-/m1/s1. The van der Waals surface area contributed by atoms with Crippen molar-refractivity contribution in [1.82, 2.24) is 24.8 Å². The highest BCUT2D eigenvalue weighted by Gasteiger charge is 2.34. The minimum absolute atomic E-state index is 0.167. The van der Waals surface area contributed by atoms with Crippen LogP contribution in [0.25, 0.3) is 11.3 Å². The van der Waals surface area contributed by atoms with Crippen LogP contribution in [-0.2, 0) is 9.53 Å². The van der Waals surface area contributed by atoms with Gasteiger partial charge < -0.3 is 34.4 Å². The summed E-state index contributed by atoms with van der Waals surface area (Å²) in [7, 11) is 1.60.